The minimum Gasteiger partial charge on any atom is -0.474 e. The van der Waals surface area contributed by atoms with Gasteiger partial charge in [0.1, 0.15) is 6.10 Å². The SMILES string of the molecule is CCCNc1nccc(OC2CCCCC2)n1. The van der Waals surface area contributed by atoms with E-state index < -0.39 is 0 Å². The average Bonchev–Trinajstić information content (AvgIpc) is 2.38. The highest BCUT2D eigenvalue weighted by Crippen LogP contribution is 2.22. The molecule has 0 atom stereocenters. The number of ether oxygens (including phenoxy) is 1. The smallest absolute Gasteiger partial charge is 0.225 e. The lowest BCUT2D eigenvalue weighted by molar-refractivity contribution is 0.148. The van der Waals surface area contributed by atoms with E-state index in [1.165, 1.54) is 19.3 Å². The first-order valence-corrected chi connectivity index (χ1v) is 6.62. The summed E-state index contributed by atoms with van der Waals surface area (Å²) < 4.78 is 5.88. The lowest BCUT2D eigenvalue weighted by Crippen LogP contribution is -2.20. The van der Waals surface area contributed by atoms with Gasteiger partial charge in [-0.1, -0.05) is 13.3 Å². The molecule has 1 fully saturated rings. The van der Waals surface area contributed by atoms with Crippen LogP contribution in [0.5, 0.6) is 5.88 Å². The van der Waals surface area contributed by atoms with Gasteiger partial charge in [-0.05, 0) is 32.1 Å². The highest BCUT2D eigenvalue weighted by molar-refractivity contribution is 5.27. The van der Waals surface area contributed by atoms with E-state index in [0.29, 0.717) is 17.9 Å². The molecule has 1 aromatic rings. The van der Waals surface area contributed by atoms with E-state index in [2.05, 4.69) is 22.2 Å². The topological polar surface area (TPSA) is 47.0 Å². The molecule has 0 aliphatic heterocycles. The second-order valence-electron chi connectivity index (χ2n) is 4.52. The lowest BCUT2D eigenvalue weighted by atomic mass is 9.98. The Morgan fingerprint density at radius 1 is 1.35 bits per heavy atom. The van der Waals surface area contributed by atoms with E-state index in [1.54, 1.807) is 6.20 Å². The van der Waals surface area contributed by atoms with Gasteiger partial charge < -0.3 is 10.1 Å². The lowest BCUT2D eigenvalue weighted by Gasteiger charge is -2.22. The van der Waals surface area contributed by atoms with Crippen molar-refractivity contribution >= 4 is 5.95 Å². The van der Waals surface area contributed by atoms with Crippen LogP contribution in [0.3, 0.4) is 0 Å². The predicted molar refractivity (Wildman–Crippen MR) is 68.3 cm³/mol. The molecule has 0 saturated heterocycles. The molecule has 0 aromatic carbocycles. The third kappa shape index (κ3) is 3.88. The van der Waals surface area contributed by atoms with Crippen LogP contribution in [0.1, 0.15) is 45.4 Å². The molecular weight excluding hydrogens is 214 g/mol. The Hall–Kier alpha value is -1.32. The Labute approximate surface area is 103 Å². The number of aromatic nitrogens is 2. The Kier molecular flexibility index (Phi) is 4.59. The summed E-state index contributed by atoms with van der Waals surface area (Å²) in [5.41, 5.74) is 0. The Bertz CT molecular complexity index is 337. The highest BCUT2D eigenvalue weighted by atomic mass is 16.5. The van der Waals surface area contributed by atoms with Crippen molar-refractivity contribution in [1.82, 2.24) is 9.97 Å². The van der Waals surface area contributed by atoms with Crippen LogP contribution in [0.4, 0.5) is 5.95 Å². The number of nitrogens with zero attached hydrogens (tertiary/aromatic N) is 2. The fourth-order valence-electron chi connectivity index (χ4n) is 2.08. The molecule has 1 N–H and O–H groups in total. The standard InChI is InChI=1S/C13H21N3O/c1-2-9-14-13-15-10-8-12(16-13)17-11-6-4-3-5-7-11/h8,10-11H,2-7,9H2,1H3,(H,14,15,16). The molecule has 0 spiro atoms. The molecule has 1 aliphatic carbocycles. The summed E-state index contributed by atoms with van der Waals surface area (Å²) in [6.07, 6.45) is 9.36. The van der Waals surface area contributed by atoms with Crippen LogP contribution in [0.15, 0.2) is 12.3 Å². The molecule has 4 nitrogen and oxygen atoms in total. The molecular formula is C13H21N3O. The van der Waals surface area contributed by atoms with Crippen molar-refractivity contribution in [2.45, 2.75) is 51.6 Å². The van der Waals surface area contributed by atoms with Gasteiger partial charge in [-0.15, -0.1) is 0 Å². The molecule has 0 unspecified atom stereocenters. The van der Waals surface area contributed by atoms with Crippen molar-refractivity contribution in [3.63, 3.8) is 0 Å². The molecule has 4 heteroatoms. The number of anilines is 1. The first kappa shape index (κ1) is 12.1. The van der Waals surface area contributed by atoms with Crippen molar-refractivity contribution < 1.29 is 4.74 Å². The van der Waals surface area contributed by atoms with Crippen LogP contribution < -0.4 is 10.1 Å². The van der Waals surface area contributed by atoms with Gasteiger partial charge in [0.25, 0.3) is 0 Å². The zero-order valence-corrected chi connectivity index (χ0v) is 10.5. The second-order valence-corrected chi connectivity index (χ2v) is 4.52. The van der Waals surface area contributed by atoms with E-state index in [4.69, 9.17) is 4.74 Å². The highest BCUT2D eigenvalue weighted by Gasteiger charge is 2.15. The summed E-state index contributed by atoms with van der Waals surface area (Å²) in [5, 5.41) is 3.17. The van der Waals surface area contributed by atoms with Gasteiger partial charge >= 0.3 is 0 Å². The van der Waals surface area contributed by atoms with Crippen LogP contribution >= 0.6 is 0 Å². The molecule has 0 bridgehead atoms. The monoisotopic (exact) mass is 235 g/mol. The van der Waals surface area contributed by atoms with Gasteiger partial charge in [0.15, 0.2) is 0 Å². The van der Waals surface area contributed by atoms with E-state index in [-0.39, 0.29) is 0 Å². The van der Waals surface area contributed by atoms with Crippen molar-refractivity contribution in [2.24, 2.45) is 0 Å². The fraction of sp³-hybridized carbons (Fsp3) is 0.692. The molecule has 17 heavy (non-hydrogen) atoms. The summed E-state index contributed by atoms with van der Waals surface area (Å²) in [5.74, 6) is 1.37. The molecule has 0 amide bonds. The van der Waals surface area contributed by atoms with Crippen LogP contribution in [0, 0.1) is 0 Å². The van der Waals surface area contributed by atoms with E-state index in [0.717, 1.165) is 25.8 Å². The third-order valence-corrected chi connectivity index (χ3v) is 3.00. The minimum atomic E-state index is 0.345. The number of nitrogens with one attached hydrogen (secondary N) is 1. The van der Waals surface area contributed by atoms with Crippen LogP contribution in [-0.2, 0) is 0 Å². The fourth-order valence-corrected chi connectivity index (χ4v) is 2.08. The Balaban J connectivity index is 1.90. The quantitative estimate of drug-likeness (QED) is 0.852. The molecule has 2 rings (SSSR count). The molecule has 1 saturated carbocycles. The second kappa shape index (κ2) is 6.42. The van der Waals surface area contributed by atoms with Crippen LogP contribution in [0.25, 0.3) is 0 Å². The maximum atomic E-state index is 5.88. The average molecular weight is 235 g/mol. The van der Waals surface area contributed by atoms with E-state index in [9.17, 15) is 0 Å². The largest absolute Gasteiger partial charge is 0.474 e. The van der Waals surface area contributed by atoms with Crippen molar-refractivity contribution in [1.29, 1.82) is 0 Å². The molecule has 1 aromatic heterocycles. The summed E-state index contributed by atoms with van der Waals surface area (Å²) in [7, 11) is 0. The molecule has 94 valence electrons. The zero-order chi connectivity index (χ0) is 11.9. The van der Waals surface area contributed by atoms with E-state index >= 15 is 0 Å². The first-order valence-electron chi connectivity index (χ1n) is 6.62. The number of hydrogen-bond acceptors (Lipinski definition) is 4. The number of hydrogen-bond donors (Lipinski definition) is 1. The van der Waals surface area contributed by atoms with Crippen molar-refractivity contribution in [3.8, 4) is 5.88 Å². The Morgan fingerprint density at radius 3 is 2.94 bits per heavy atom. The normalized spacial score (nSPS) is 16.8. The summed E-state index contributed by atoms with van der Waals surface area (Å²) in [4.78, 5) is 8.53. The first-order chi connectivity index (χ1) is 8.38. The molecule has 1 aliphatic rings. The maximum Gasteiger partial charge on any atom is 0.225 e. The van der Waals surface area contributed by atoms with Gasteiger partial charge in [-0.3, -0.25) is 0 Å². The number of rotatable bonds is 5. The van der Waals surface area contributed by atoms with Crippen LogP contribution in [0.2, 0.25) is 0 Å². The van der Waals surface area contributed by atoms with Gasteiger partial charge in [0, 0.05) is 18.8 Å². The zero-order valence-electron chi connectivity index (χ0n) is 10.5. The molecule has 0 radical (unpaired) electrons. The van der Waals surface area contributed by atoms with Gasteiger partial charge in [0.05, 0.1) is 0 Å². The van der Waals surface area contributed by atoms with Gasteiger partial charge in [0.2, 0.25) is 11.8 Å². The van der Waals surface area contributed by atoms with Crippen molar-refractivity contribution in [3.05, 3.63) is 12.3 Å². The summed E-state index contributed by atoms with van der Waals surface area (Å²) in [6.45, 7) is 3.02. The molecule has 1 heterocycles. The Morgan fingerprint density at radius 2 is 2.18 bits per heavy atom. The third-order valence-electron chi connectivity index (χ3n) is 3.00. The van der Waals surface area contributed by atoms with Gasteiger partial charge in [-0.2, -0.15) is 4.98 Å². The minimum absolute atomic E-state index is 0.345. The van der Waals surface area contributed by atoms with Gasteiger partial charge in [-0.25, -0.2) is 4.98 Å². The van der Waals surface area contributed by atoms with Crippen molar-refractivity contribution in [2.75, 3.05) is 11.9 Å². The van der Waals surface area contributed by atoms with Crippen LogP contribution in [-0.4, -0.2) is 22.6 Å². The summed E-state index contributed by atoms with van der Waals surface area (Å²) in [6, 6.07) is 1.84. The maximum absolute atomic E-state index is 5.88. The summed E-state index contributed by atoms with van der Waals surface area (Å²) >= 11 is 0. The van der Waals surface area contributed by atoms with E-state index in [1.807, 2.05) is 6.07 Å². The predicted octanol–water partition coefficient (Wildman–Crippen LogP) is 3.01.